The molecule has 0 saturated heterocycles. The Morgan fingerprint density at radius 1 is 1.75 bits per heavy atom. The van der Waals surface area contributed by atoms with Crippen molar-refractivity contribution in [2.24, 2.45) is 0 Å². The minimum Gasteiger partial charge on any atom is -0.599 e. The molecule has 0 aliphatic rings. The van der Waals surface area contributed by atoms with Crippen LogP contribution in [0, 0.1) is 5.21 Å². The molecule has 5 nitrogen and oxygen atoms in total. The Morgan fingerprint density at radius 3 is 2.38 bits per heavy atom. The van der Waals surface area contributed by atoms with Gasteiger partial charge in [-0.15, -0.1) is 0 Å². The molecule has 0 aliphatic heterocycles. The van der Waals surface area contributed by atoms with Gasteiger partial charge in [-0.2, -0.15) is 0 Å². The maximum atomic E-state index is 10.1. The molecule has 0 saturated carbocycles. The number of nitrogens with zero attached hydrogens (tertiary/aromatic N) is 1. The van der Waals surface area contributed by atoms with E-state index in [1.807, 2.05) is 0 Å². The molecule has 0 radical (unpaired) electrons. The predicted molar refractivity (Wildman–Crippen MR) is 28.2 cm³/mol. The average molecular weight is 121 g/mol. The first-order valence-electron chi connectivity index (χ1n) is 2.26. The van der Waals surface area contributed by atoms with Crippen LogP contribution in [-0.2, 0) is 4.94 Å². The van der Waals surface area contributed by atoms with Crippen LogP contribution in [0.3, 0.4) is 0 Å². The van der Waals surface area contributed by atoms with Crippen molar-refractivity contribution >= 4 is 0 Å². The van der Waals surface area contributed by atoms with E-state index in [-0.39, 0.29) is 5.23 Å². The summed E-state index contributed by atoms with van der Waals surface area (Å²) in [6.07, 6.45) is 0. The number of nitrogens with one attached hydrogen (secondary N) is 2. The number of quaternary nitrogens is 1. The molecular weight excluding hydrogens is 110 g/mol. The van der Waals surface area contributed by atoms with Gasteiger partial charge < -0.3 is 5.21 Å². The van der Waals surface area contributed by atoms with Crippen LogP contribution >= 0.6 is 0 Å². The fourth-order valence-corrected chi connectivity index (χ4v) is 0.238. The molecule has 0 rings (SSSR count). The second-order valence-corrected chi connectivity index (χ2v) is 1.30. The third-order valence-corrected chi connectivity index (χ3v) is 0.580. The predicted octanol–water partition coefficient (Wildman–Crippen LogP) is -2.09. The lowest BCUT2D eigenvalue weighted by molar-refractivity contribution is -1.07. The number of hydroxylamine groups is 3. The van der Waals surface area contributed by atoms with Crippen LogP contribution in [-0.4, -0.2) is 26.3 Å². The van der Waals surface area contributed by atoms with E-state index in [0.717, 1.165) is 0 Å². The van der Waals surface area contributed by atoms with Crippen molar-refractivity contribution in [3.63, 3.8) is 0 Å². The van der Waals surface area contributed by atoms with E-state index < -0.39 is 0 Å². The van der Waals surface area contributed by atoms with Crippen molar-refractivity contribution in [2.75, 3.05) is 21.1 Å². The number of hydrogen-bond donors (Lipinski definition) is 2. The zero-order chi connectivity index (χ0) is 6.57. The highest BCUT2D eigenvalue weighted by Gasteiger charge is 1.93. The summed E-state index contributed by atoms with van der Waals surface area (Å²) < 4.78 is 0. The normalized spacial score (nSPS) is 14.6. The maximum Gasteiger partial charge on any atom is 0.0982 e. The van der Waals surface area contributed by atoms with Gasteiger partial charge >= 0.3 is 0 Å². The van der Waals surface area contributed by atoms with Crippen LogP contribution in [0.25, 0.3) is 0 Å². The number of hydrazine groups is 1. The zero-order valence-corrected chi connectivity index (χ0v) is 5.26. The zero-order valence-electron chi connectivity index (χ0n) is 5.26. The Balaban J connectivity index is 3.10. The molecule has 0 heterocycles. The summed E-state index contributed by atoms with van der Waals surface area (Å²) in [5, 5.41) is 11.0. The van der Waals surface area contributed by atoms with E-state index in [1.165, 1.54) is 12.2 Å². The summed E-state index contributed by atoms with van der Waals surface area (Å²) in [6.45, 7) is 0. The summed E-state index contributed by atoms with van der Waals surface area (Å²) in [4.78, 5) is 4.48. The molecule has 1 atom stereocenters. The van der Waals surface area contributed by atoms with E-state index in [9.17, 15) is 5.21 Å². The van der Waals surface area contributed by atoms with Crippen LogP contribution in [0.1, 0.15) is 0 Å². The van der Waals surface area contributed by atoms with Crippen molar-refractivity contribution < 1.29 is 10.2 Å². The first-order chi connectivity index (χ1) is 3.66. The quantitative estimate of drug-likeness (QED) is 0.420. The molecule has 0 aromatic heterocycles. The van der Waals surface area contributed by atoms with Gasteiger partial charge in [0.05, 0.1) is 7.05 Å². The lowest BCUT2D eigenvalue weighted by Gasteiger charge is -2.19. The van der Waals surface area contributed by atoms with Crippen molar-refractivity contribution in [2.45, 2.75) is 0 Å². The molecule has 0 aromatic rings. The Bertz CT molecular complexity index is 58.5. The van der Waals surface area contributed by atoms with Gasteiger partial charge in [-0.3, -0.25) is 0 Å². The smallest absolute Gasteiger partial charge is 0.0982 e. The van der Waals surface area contributed by atoms with Crippen LogP contribution in [0.4, 0.5) is 0 Å². The Labute approximate surface area is 48.3 Å². The number of rotatable bonds is 3. The highest BCUT2D eigenvalue weighted by atomic mass is 17.0. The molecule has 0 amide bonds. The molecule has 0 spiro atoms. The first-order valence-corrected chi connectivity index (χ1v) is 2.26. The topological polar surface area (TPSA) is 52.0 Å². The SMILES string of the molecule is CNN(C)O[NH+](C)[O-]. The minimum atomic E-state index is -0.332. The highest BCUT2D eigenvalue weighted by molar-refractivity contribution is 4.02. The Hall–Kier alpha value is -0.200. The molecule has 0 aromatic carbocycles. The van der Waals surface area contributed by atoms with Gasteiger partial charge in [0.15, 0.2) is 0 Å². The third kappa shape index (κ3) is 3.97. The van der Waals surface area contributed by atoms with E-state index in [1.54, 1.807) is 14.1 Å². The minimum absolute atomic E-state index is 0.332. The second kappa shape index (κ2) is 3.76. The molecule has 5 heteroatoms. The monoisotopic (exact) mass is 121 g/mol. The molecule has 50 valence electrons. The lowest BCUT2D eigenvalue weighted by Crippen LogP contribution is -3.04. The summed E-state index contributed by atoms with van der Waals surface area (Å²) in [6, 6.07) is 0. The largest absolute Gasteiger partial charge is 0.599 e. The summed E-state index contributed by atoms with van der Waals surface area (Å²) >= 11 is 0. The Kier molecular flexibility index (Phi) is 3.67. The van der Waals surface area contributed by atoms with Crippen molar-refractivity contribution in [1.29, 1.82) is 0 Å². The van der Waals surface area contributed by atoms with Gasteiger partial charge in [0.2, 0.25) is 0 Å². The molecule has 0 aliphatic carbocycles. The van der Waals surface area contributed by atoms with Gasteiger partial charge in [0.1, 0.15) is 0 Å². The van der Waals surface area contributed by atoms with Crippen molar-refractivity contribution in [3.05, 3.63) is 5.21 Å². The fraction of sp³-hybridized carbons (Fsp3) is 1.00. The maximum absolute atomic E-state index is 10.1. The summed E-state index contributed by atoms with van der Waals surface area (Å²) in [5.41, 5.74) is 2.59. The first kappa shape index (κ1) is 7.80. The van der Waals surface area contributed by atoms with Crippen LogP contribution < -0.4 is 10.7 Å². The molecular formula is C3H11N3O2. The van der Waals surface area contributed by atoms with Gasteiger partial charge in [0, 0.05) is 14.1 Å². The Morgan fingerprint density at radius 2 is 2.25 bits per heavy atom. The van der Waals surface area contributed by atoms with E-state index in [0.29, 0.717) is 0 Å². The molecule has 8 heavy (non-hydrogen) atoms. The van der Waals surface area contributed by atoms with Gasteiger partial charge in [0.25, 0.3) is 0 Å². The van der Waals surface area contributed by atoms with Crippen molar-refractivity contribution in [1.82, 2.24) is 10.6 Å². The second-order valence-electron chi connectivity index (χ2n) is 1.30. The van der Waals surface area contributed by atoms with Gasteiger partial charge in [-0.25, -0.2) is 10.7 Å². The molecule has 0 fully saturated rings. The summed E-state index contributed by atoms with van der Waals surface area (Å²) in [5.74, 6) is 0. The summed E-state index contributed by atoms with van der Waals surface area (Å²) in [7, 11) is 4.60. The van der Waals surface area contributed by atoms with Gasteiger partial charge in [-0.05, 0) is 0 Å². The third-order valence-electron chi connectivity index (χ3n) is 0.580. The van der Waals surface area contributed by atoms with Gasteiger partial charge in [-0.1, -0.05) is 10.1 Å². The molecule has 1 unspecified atom stereocenters. The van der Waals surface area contributed by atoms with Crippen LogP contribution in [0.15, 0.2) is 0 Å². The number of hydrogen-bond acceptors (Lipinski definition) is 4. The lowest BCUT2D eigenvalue weighted by atomic mass is 11.3. The van der Waals surface area contributed by atoms with E-state index in [2.05, 4.69) is 10.4 Å². The van der Waals surface area contributed by atoms with E-state index in [4.69, 9.17) is 0 Å². The van der Waals surface area contributed by atoms with Crippen LogP contribution in [0.2, 0.25) is 0 Å². The molecule has 2 N–H and O–H groups in total. The fourth-order valence-electron chi connectivity index (χ4n) is 0.238. The van der Waals surface area contributed by atoms with Crippen molar-refractivity contribution in [3.8, 4) is 0 Å². The highest BCUT2D eigenvalue weighted by Crippen LogP contribution is 1.61. The van der Waals surface area contributed by atoms with Crippen LogP contribution in [0.5, 0.6) is 0 Å². The molecule has 0 bridgehead atoms. The van der Waals surface area contributed by atoms with E-state index >= 15 is 0 Å². The average Bonchev–Trinajstić information content (AvgIpc) is 1.65. The standard InChI is InChI=1S/C3H11N3O2/c1-4-5(2)8-6(3)7/h4,6H,1-3H3.